The Labute approximate surface area is 229 Å². The molecule has 0 heterocycles. The van der Waals surface area contributed by atoms with Crippen molar-refractivity contribution in [3.8, 4) is 28.0 Å². The van der Waals surface area contributed by atoms with Crippen molar-refractivity contribution >= 4 is 23.0 Å². The smallest absolute Gasteiger partial charge is 0.330 e. The highest BCUT2D eigenvalue weighted by atomic mass is 16.6. The molecule has 0 N–H and O–H groups in total. The molecule has 4 nitrogen and oxygen atoms in total. The number of nitrogens with zero attached hydrogens (tertiary/aromatic N) is 1. The van der Waals surface area contributed by atoms with Crippen molar-refractivity contribution in [2.75, 3.05) is 18.1 Å². The number of hydrogen-bond acceptors (Lipinski definition) is 4. The first kappa shape index (κ1) is 25.6. The SMILES string of the molecule is C=CC(=O)OCCOc1ccc(N(c2ccc(-c3ccccc3)cc2)c2ccc(-c3ccccc3)cc2)cc1. The summed E-state index contributed by atoms with van der Waals surface area (Å²) in [5.41, 5.74) is 7.80. The van der Waals surface area contributed by atoms with Crippen LogP contribution in [-0.4, -0.2) is 19.2 Å². The van der Waals surface area contributed by atoms with E-state index in [9.17, 15) is 4.79 Å². The van der Waals surface area contributed by atoms with Gasteiger partial charge in [0.25, 0.3) is 0 Å². The average Bonchev–Trinajstić information content (AvgIpc) is 3.01. The summed E-state index contributed by atoms with van der Waals surface area (Å²) >= 11 is 0. The van der Waals surface area contributed by atoms with E-state index in [1.165, 1.54) is 22.3 Å². The van der Waals surface area contributed by atoms with Gasteiger partial charge in [0.1, 0.15) is 19.0 Å². The minimum Gasteiger partial charge on any atom is -0.490 e. The Balaban J connectivity index is 1.42. The number of hydrogen-bond donors (Lipinski definition) is 0. The van der Waals surface area contributed by atoms with E-state index in [4.69, 9.17) is 9.47 Å². The van der Waals surface area contributed by atoms with Gasteiger partial charge in [-0.15, -0.1) is 0 Å². The Hall–Kier alpha value is -5.09. The van der Waals surface area contributed by atoms with Crippen molar-refractivity contribution in [3.05, 3.63) is 146 Å². The standard InChI is InChI=1S/C35H29NO3/c1-2-35(37)39-26-25-38-34-23-21-33(22-24-34)36(31-17-13-29(14-18-31)27-9-5-3-6-10-27)32-19-15-30(16-20-32)28-11-7-4-8-12-28/h2-24H,1,25-26H2. The van der Waals surface area contributed by atoms with Gasteiger partial charge in [0.2, 0.25) is 0 Å². The summed E-state index contributed by atoms with van der Waals surface area (Å²) in [5, 5.41) is 0. The molecule has 0 saturated carbocycles. The number of benzene rings is 5. The topological polar surface area (TPSA) is 38.8 Å². The minimum absolute atomic E-state index is 0.167. The van der Waals surface area contributed by atoms with Gasteiger partial charge >= 0.3 is 5.97 Å². The lowest BCUT2D eigenvalue weighted by molar-refractivity contribution is -0.138. The second-order valence-corrected chi connectivity index (χ2v) is 8.88. The van der Waals surface area contributed by atoms with Gasteiger partial charge in [-0.2, -0.15) is 0 Å². The summed E-state index contributed by atoms with van der Waals surface area (Å²) in [6.07, 6.45) is 1.14. The maximum atomic E-state index is 11.2. The molecule has 0 spiro atoms. The number of anilines is 3. The summed E-state index contributed by atoms with van der Waals surface area (Å²) in [6, 6.07) is 45.8. The molecule has 0 fully saturated rings. The van der Waals surface area contributed by atoms with E-state index in [0.717, 1.165) is 23.1 Å². The van der Waals surface area contributed by atoms with Gasteiger partial charge in [-0.3, -0.25) is 0 Å². The first-order valence-electron chi connectivity index (χ1n) is 12.8. The Morgan fingerprint density at radius 2 is 0.974 bits per heavy atom. The van der Waals surface area contributed by atoms with Gasteiger partial charge in [-0.05, 0) is 70.8 Å². The van der Waals surface area contributed by atoms with Crippen LogP contribution >= 0.6 is 0 Å². The van der Waals surface area contributed by atoms with Gasteiger partial charge in [-0.25, -0.2) is 4.79 Å². The van der Waals surface area contributed by atoms with Gasteiger partial charge in [0, 0.05) is 23.1 Å². The third-order valence-electron chi connectivity index (χ3n) is 6.32. The Morgan fingerprint density at radius 1 is 0.564 bits per heavy atom. The number of ether oxygens (including phenoxy) is 2. The van der Waals surface area contributed by atoms with Gasteiger partial charge in [-0.1, -0.05) is 91.5 Å². The summed E-state index contributed by atoms with van der Waals surface area (Å²) < 4.78 is 10.7. The van der Waals surface area contributed by atoms with E-state index in [0.29, 0.717) is 5.75 Å². The van der Waals surface area contributed by atoms with Crippen molar-refractivity contribution in [2.45, 2.75) is 0 Å². The molecule has 5 aromatic rings. The summed E-state index contributed by atoms with van der Waals surface area (Å²) in [5.74, 6) is 0.244. The molecule has 0 radical (unpaired) electrons. The van der Waals surface area contributed by atoms with E-state index in [2.05, 4.69) is 109 Å². The lowest BCUT2D eigenvalue weighted by atomic mass is 10.0. The second-order valence-electron chi connectivity index (χ2n) is 8.88. The van der Waals surface area contributed by atoms with Crippen molar-refractivity contribution in [1.82, 2.24) is 0 Å². The highest BCUT2D eigenvalue weighted by Gasteiger charge is 2.13. The Kier molecular flexibility index (Phi) is 8.15. The Morgan fingerprint density at radius 3 is 1.41 bits per heavy atom. The number of rotatable bonds is 10. The molecule has 0 bridgehead atoms. The minimum atomic E-state index is -0.457. The normalized spacial score (nSPS) is 10.5. The molecule has 39 heavy (non-hydrogen) atoms. The second kappa shape index (κ2) is 12.4. The quantitative estimate of drug-likeness (QED) is 0.107. The van der Waals surface area contributed by atoms with Crippen LogP contribution in [-0.2, 0) is 9.53 Å². The number of carbonyl (C=O) groups excluding carboxylic acids is 1. The molecular formula is C35H29NO3. The number of carbonyl (C=O) groups is 1. The van der Waals surface area contributed by atoms with Crippen LogP contribution in [0.2, 0.25) is 0 Å². The van der Waals surface area contributed by atoms with E-state index in [-0.39, 0.29) is 13.2 Å². The fraction of sp³-hybridized carbons (Fsp3) is 0.0571. The fourth-order valence-electron chi connectivity index (χ4n) is 4.37. The van der Waals surface area contributed by atoms with Crippen molar-refractivity contribution < 1.29 is 14.3 Å². The highest BCUT2D eigenvalue weighted by molar-refractivity contribution is 5.81. The van der Waals surface area contributed by atoms with E-state index >= 15 is 0 Å². The van der Waals surface area contributed by atoms with E-state index < -0.39 is 5.97 Å². The molecule has 0 aliphatic heterocycles. The maximum Gasteiger partial charge on any atom is 0.330 e. The zero-order valence-corrected chi connectivity index (χ0v) is 21.6. The lowest BCUT2D eigenvalue weighted by Crippen LogP contribution is -2.11. The predicted octanol–water partition coefficient (Wildman–Crippen LogP) is 8.60. The van der Waals surface area contributed by atoms with Gasteiger partial charge in [0.05, 0.1) is 0 Å². The van der Waals surface area contributed by atoms with Crippen LogP contribution in [0.1, 0.15) is 0 Å². The lowest BCUT2D eigenvalue weighted by Gasteiger charge is -2.26. The average molecular weight is 512 g/mol. The van der Waals surface area contributed by atoms with Crippen LogP contribution < -0.4 is 9.64 Å². The zero-order valence-electron chi connectivity index (χ0n) is 21.6. The van der Waals surface area contributed by atoms with E-state index in [1.54, 1.807) is 0 Å². The van der Waals surface area contributed by atoms with Crippen molar-refractivity contribution in [1.29, 1.82) is 0 Å². The highest BCUT2D eigenvalue weighted by Crippen LogP contribution is 2.37. The largest absolute Gasteiger partial charge is 0.490 e. The Bertz CT molecular complexity index is 1410. The molecule has 0 amide bonds. The van der Waals surface area contributed by atoms with Crippen molar-refractivity contribution in [3.63, 3.8) is 0 Å². The van der Waals surface area contributed by atoms with Crippen LogP contribution in [0.5, 0.6) is 5.75 Å². The first-order chi connectivity index (χ1) is 19.2. The van der Waals surface area contributed by atoms with Crippen LogP contribution in [0.3, 0.4) is 0 Å². The monoisotopic (exact) mass is 511 g/mol. The first-order valence-corrected chi connectivity index (χ1v) is 12.8. The summed E-state index contributed by atoms with van der Waals surface area (Å²) in [7, 11) is 0. The molecule has 0 aromatic heterocycles. The third-order valence-corrected chi connectivity index (χ3v) is 6.32. The molecule has 0 aliphatic carbocycles. The third kappa shape index (κ3) is 6.43. The van der Waals surface area contributed by atoms with Crippen LogP contribution in [0.4, 0.5) is 17.1 Å². The molecule has 0 saturated heterocycles. The maximum absolute atomic E-state index is 11.2. The van der Waals surface area contributed by atoms with Crippen LogP contribution in [0.25, 0.3) is 22.3 Å². The predicted molar refractivity (Wildman–Crippen MR) is 159 cm³/mol. The molecule has 0 atom stereocenters. The molecule has 5 rings (SSSR count). The zero-order chi connectivity index (χ0) is 26.9. The van der Waals surface area contributed by atoms with Crippen LogP contribution in [0, 0.1) is 0 Å². The van der Waals surface area contributed by atoms with Gasteiger partial charge in [0.15, 0.2) is 0 Å². The fourth-order valence-corrected chi connectivity index (χ4v) is 4.37. The van der Waals surface area contributed by atoms with Gasteiger partial charge < -0.3 is 14.4 Å². The van der Waals surface area contributed by atoms with E-state index in [1.807, 2.05) is 36.4 Å². The van der Waals surface area contributed by atoms with Crippen molar-refractivity contribution in [2.24, 2.45) is 0 Å². The molecule has 5 aromatic carbocycles. The molecule has 4 heteroatoms. The molecule has 192 valence electrons. The summed E-state index contributed by atoms with van der Waals surface area (Å²) in [6.45, 7) is 3.83. The van der Waals surface area contributed by atoms with Crippen LogP contribution in [0.15, 0.2) is 146 Å². The summed E-state index contributed by atoms with van der Waals surface area (Å²) in [4.78, 5) is 13.4. The number of esters is 1. The molecule has 0 unspecified atom stereocenters. The molecular weight excluding hydrogens is 482 g/mol. The molecule has 0 aliphatic rings.